The summed E-state index contributed by atoms with van der Waals surface area (Å²) in [4.78, 5) is 20.5. The molecule has 1 heterocycles. The average Bonchev–Trinajstić information content (AvgIpc) is 2.68. The Hall–Kier alpha value is -2.76. The van der Waals surface area contributed by atoms with Crippen LogP contribution < -0.4 is 5.32 Å². The van der Waals surface area contributed by atoms with Gasteiger partial charge < -0.3 is 15.5 Å². The lowest BCUT2D eigenvalue weighted by Crippen LogP contribution is -2.32. The molecule has 0 saturated heterocycles. The van der Waals surface area contributed by atoms with Gasteiger partial charge in [0.1, 0.15) is 0 Å². The Morgan fingerprint density at radius 3 is 2.64 bits per heavy atom. The fourth-order valence-electron chi connectivity index (χ4n) is 3.16. The number of benzene rings is 1. The van der Waals surface area contributed by atoms with Crippen molar-refractivity contribution in [1.82, 2.24) is 15.3 Å². The molecule has 2 aromatic rings. The van der Waals surface area contributed by atoms with Gasteiger partial charge in [-0.1, -0.05) is 12.1 Å². The van der Waals surface area contributed by atoms with Gasteiger partial charge in [-0.2, -0.15) is 0 Å². The summed E-state index contributed by atoms with van der Waals surface area (Å²) >= 11 is 0. The number of aromatic nitrogens is 2. The Balaban J connectivity index is 1.66. The maximum atomic E-state index is 11.6. The van der Waals surface area contributed by atoms with E-state index in [0.717, 1.165) is 36.7 Å². The summed E-state index contributed by atoms with van der Waals surface area (Å²) in [5, 5.41) is 11.0. The van der Waals surface area contributed by atoms with Crippen molar-refractivity contribution in [2.75, 3.05) is 7.11 Å². The number of carbonyl (C=O) groups excluding carboxylic acids is 1. The van der Waals surface area contributed by atoms with Crippen molar-refractivity contribution in [2.24, 2.45) is 5.92 Å². The van der Waals surface area contributed by atoms with Gasteiger partial charge in [0.25, 0.3) is 0 Å². The molecule has 1 fully saturated rings. The number of para-hydroxylation sites is 2. The van der Waals surface area contributed by atoms with E-state index in [1.165, 1.54) is 13.3 Å². The molecule has 130 valence electrons. The molecule has 0 radical (unpaired) electrons. The molecule has 0 atom stereocenters. The first kappa shape index (κ1) is 17.1. The van der Waals surface area contributed by atoms with Gasteiger partial charge in [0.05, 0.1) is 36.0 Å². The summed E-state index contributed by atoms with van der Waals surface area (Å²) in [5.41, 5.74) is 3.01. The molecular weight excluding hydrogens is 316 g/mol. The van der Waals surface area contributed by atoms with E-state index in [2.05, 4.69) is 15.3 Å². The zero-order valence-electron chi connectivity index (χ0n) is 14.2. The van der Waals surface area contributed by atoms with E-state index in [0.29, 0.717) is 17.3 Å². The maximum Gasteiger partial charge on any atom is 0.308 e. The Morgan fingerprint density at radius 2 is 1.96 bits per heavy atom. The van der Waals surface area contributed by atoms with Crippen LogP contribution in [0.1, 0.15) is 31.4 Å². The van der Waals surface area contributed by atoms with Crippen LogP contribution in [-0.4, -0.2) is 35.3 Å². The zero-order valence-corrected chi connectivity index (χ0v) is 14.2. The zero-order chi connectivity index (χ0) is 17.6. The number of hydrogen-bond donors (Lipinski definition) is 2. The van der Waals surface area contributed by atoms with Crippen molar-refractivity contribution in [3.63, 3.8) is 0 Å². The fourth-order valence-corrected chi connectivity index (χ4v) is 3.16. The van der Waals surface area contributed by atoms with Crippen LogP contribution in [0.4, 0.5) is 0 Å². The van der Waals surface area contributed by atoms with E-state index < -0.39 is 0 Å². The molecule has 1 aromatic heterocycles. The van der Waals surface area contributed by atoms with E-state index >= 15 is 0 Å². The minimum atomic E-state index is -0.111. The van der Waals surface area contributed by atoms with Gasteiger partial charge in [-0.3, -0.25) is 9.78 Å². The fraction of sp³-hybridized carbons (Fsp3) is 0.368. The number of rotatable bonds is 5. The second-order valence-corrected chi connectivity index (χ2v) is 6.23. The monoisotopic (exact) mass is 338 g/mol. The summed E-state index contributed by atoms with van der Waals surface area (Å²) < 4.78 is 4.82. The topological polar surface area (TPSA) is 88.0 Å². The molecule has 6 nitrogen and oxygen atoms in total. The summed E-state index contributed by atoms with van der Waals surface area (Å²) in [6, 6.07) is 7.97. The highest BCUT2D eigenvalue weighted by Gasteiger charge is 2.26. The first-order valence-electron chi connectivity index (χ1n) is 8.48. The largest absolute Gasteiger partial charge is 0.469 e. The molecule has 2 N–H and O–H groups in total. The van der Waals surface area contributed by atoms with Crippen LogP contribution in [0.2, 0.25) is 0 Å². The predicted octanol–water partition coefficient (Wildman–Crippen LogP) is 2.94. The lowest BCUT2D eigenvalue weighted by molar-refractivity contribution is -0.146. The number of methoxy groups -OCH3 is 1. The molecule has 1 aliphatic rings. The number of carbonyl (C=O) groups is 1. The minimum Gasteiger partial charge on any atom is -0.469 e. The van der Waals surface area contributed by atoms with Crippen LogP contribution in [0.15, 0.2) is 36.7 Å². The van der Waals surface area contributed by atoms with E-state index in [1.54, 1.807) is 6.20 Å². The van der Waals surface area contributed by atoms with E-state index in [1.807, 2.05) is 30.5 Å². The second kappa shape index (κ2) is 7.88. The Labute approximate surface area is 146 Å². The van der Waals surface area contributed by atoms with Gasteiger partial charge in [-0.15, -0.1) is 0 Å². The molecule has 3 rings (SSSR count). The number of allylic oxidation sites excluding steroid dienone is 1. The van der Waals surface area contributed by atoms with E-state index in [4.69, 9.17) is 10.1 Å². The van der Waals surface area contributed by atoms with Gasteiger partial charge in [0.2, 0.25) is 0 Å². The lowest BCUT2D eigenvalue weighted by atomic mass is 9.86. The standard InChI is InChI=1S/C19H22N4O2/c1-25-19(24)13-6-8-15(9-7-13)21-11-14(10-20)18-12-22-16-4-2-3-5-17(16)23-18/h2-5,10-13,15,20-21H,6-9H2,1H3/b14-11+,20-10?. The summed E-state index contributed by atoms with van der Waals surface area (Å²) in [6.07, 6.45) is 8.27. The second-order valence-electron chi connectivity index (χ2n) is 6.23. The van der Waals surface area contributed by atoms with Gasteiger partial charge in [-0.05, 0) is 37.8 Å². The van der Waals surface area contributed by atoms with E-state index in [-0.39, 0.29) is 11.9 Å². The van der Waals surface area contributed by atoms with Gasteiger partial charge in [-0.25, -0.2) is 4.98 Å². The molecule has 1 aliphatic carbocycles. The molecule has 25 heavy (non-hydrogen) atoms. The van der Waals surface area contributed by atoms with Crippen LogP contribution in [0.5, 0.6) is 0 Å². The first-order chi connectivity index (χ1) is 12.2. The SMILES string of the molecule is COC(=O)C1CCC(N/C=C(\C=N)c2cnc3ccccc3n2)CC1. The number of nitrogens with one attached hydrogen (secondary N) is 2. The van der Waals surface area contributed by atoms with Crippen LogP contribution in [0.3, 0.4) is 0 Å². The number of esters is 1. The molecule has 0 bridgehead atoms. The van der Waals surface area contributed by atoms with Gasteiger partial charge in [0, 0.05) is 24.0 Å². The summed E-state index contributed by atoms with van der Waals surface area (Å²) in [7, 11) is 1.44. The number of nitrogens with zero attached hydrogens (tertiary/aromatic N) is 2. The van der Waals surface area contributed by atoms with Crippen LogP contribution in [-0.2, 0) is 9.53 Å². The molecule has 1 saturated carbocycles. The smallest absolute Gasteiger partial charge is 0.308 e. The van der Waals surface area contributed by atoms with Crippen molar-refractivity contribution >= 4 is 28.8 Å². The number of ether oxygens (including phenoxy) is 1. The van der Waals surface area contributed by atoms with Crippen molar-refractivity contribution in [2.45, 2.75) is 31.7 Å². The first-order valence-corrected chi connectivity index (χ1v) is 8.48. The molecule has 6 heteroatoms. The third-order valence-corrected chi connectivity index (χ3v) is 4.64. The molecule has 0 unspecified atom stereocenters. The average molecular weight is 338 g/mol. The normalized spacial score (nSPS) is 20.9. The Bertz CT molecular complexity index is 795. The molecule has 0 amide bonds. The number of fused-ring (bicyclic) bond motifs is 1. The molecular formula is C19H22N4O2. The van der Waals surface area contributed by atoms with Gasteiger partial charge >= 0.3 is 5.97 Å². The van der Waals surface area contributed by atoms with Gasteiger partial charge in [0.15, 0.2) is 0 Å². The summed E-state index contributed by atoms with van der Waals surface area (Å²) in [5.74, 6) is -0.0961. The minimum absolute atomic E-state index is 0.0144. The van der Waals surface area contributed by atoms with Crippen LogP contribution in [0.25, 0.3) is 16.6 Å². The predicted molar refractivity (Wildman–Crippen MR) is 97.2 cm³/mol. The molecule has 0 spiro atoms. The van der Waals surface area contributed by atoms with Crippen molar-refractivity contribution < 1.29 is 9.53 Å². The van der Waals surface area contributed by atoms with Crippen molar-refractivity contribution in [1.29, 1.82) is 5.41 Å². The van der Waals surface area contributed by atoms with Crippen molar-refractivity contribution in [3.05, 3.63) is 42.4 Å². The Morgan fingerprint density at radius 1 is 1.24 bits per heavy atom. The highest BCUT2D eigenvalue weighted by atomic mass is 16.5. The highest BCUT2D eigenvalue weighted by molar-refractivity contribution is 6.07. The third kappa shape index (κ3) is 4.02. The Kier molecular flexibility index (Phi) is 5.38. The quantitative estimate of drug-likeness (QED) is 0.646. The van der Waals surface area contributed by atoms with Crippen molar-refractivity contribution in [3.8, 4) is 0 Å². The maximum absolute atomic E-state index is 11.6. The lowest BCUT2D eigenvalue weighted by Gasteiger charge is -2.27. The van der Waals surface area contributed by atoms with Crippen LogP contribution in [0, 0.1) is 11.3 Å². The molecule has 1 aromatic carbocycles. The summed E-state index contributed by atoms with van der Waals surface area (Å²) in [6.45, 7) is 0. The number of hydrogen-bond acceptors (Lipinski definition) is 6. The highest BCUT2D eigenvalue weighted by Crippen LogP contribution is 2.25. The third-order valence-electron chi connectivity index (χ3n) is 4.64. The molecule has 0 aliphatic heterocycles. The van der Waals surface area contributed by atoms with Crippen LogP contribution >= 0.6 is 0 Å². The van der Waals surface area contributed by atoms with E-state index in [9.17, 15) is 4.79 Å².